The minimum Gasteiger partial charge on any atom is -0.351 e. The van der Waals surface area contributed by atoms with Gasteiger partial charge in [-0.05, 0) is 18.2 Å². The SMILES string of the molecule is C=CCNC(=O)CN1C(=O)C(=O)c2ccc(Br)cc21. The van der Waals surface area contributed by atoms with Crippen molar-refractivity contribution >= 4 is 39.2 Å². The van der Waals surface area contributed by atoms with Crippen LogP contribution in [0.3, 0.4) is 0 Å². The van der Waals surface area contributed by atoms with Gasteiger partial charge < -0.3 is 5.32 Å². The number of benzene rings is 1. The third kappa shape index (κ3) is 2.58. The second kappa shape index (κ2) is 5.36. The molecule has 1 N–H and O–H groups in total. The zero-order valence-electron chi connectivity index (χ0n) is 9.98. The summed E-state index contributed by atoms with van der Waals surface area (Å²) in [5, 5.41) is 2.57. The van der Waals surface area contributed by atoms with Gasteiger partial charge in [0.2, 0.25) is 5.91 Å². The third-order valence-electron chi connectivity index (χ3n) is 2.68. The zero-order chi connectivity index (χ0) is 14.0. The number of rotatable bonds is 4. The van der Waals surface area contributed by atoms with Gasteiger partial charge in [-0.25, -0.2) is 0 Å². The molecule has 6 heteroatoms. The molecule has 1 aliphatic rings. The molecule has 0 unspecified atom stereocenters. The Kier molecular flexibility index (Phi) is 3.80. The minimum absolute atomic E-state index is 0.179. The van der Waals surface area contributed by atoms with Crippen LogP contribution >= 0.6 is 15.9 Å². The summed E-state index contributed by atoms with van der Waals surface area (Å²) in [6.45, 7) is 3.62. The van der Waals surface area contributed by atoms with Gasteiger partial charge in [-0.15, -0.1) is 6.58 Å². The summed E-state index contributed by atoms with van der Waals surface area (Å²) in [4.78, 5) is 36.4. The molecule has 2 amide bonds. The van der Waals surface area contributed by atoms with Gasteiger partial charge in [0.15, 0.2) is 0 Å². The number of hydrogen-bond donors (Lipinski definition) is 1. The Hall–Kier alpha value is -1.95. The molecule has 0 saturated heterocycles. The molecule has 98 valence electrons. The van der Waals surface area contributed by atoms with Crippen LogP contribution in [0.15, 0.2) is 35.3 Å². The first kappa shape index (κ1) is 13.5. The van der Waals surface area contributed by atoms with Crippen LogP contribution in [0, 0.1) is 0 Å². The molecule has 0 radical (unpaired) electrons. The number of nitrogens with zero attached hydrogens (tertiary/aromatic N) is 1. The van der Waals surface area contributed by atoms with E-state index in [9.17, 15) is 14.4 Å². The number of amides is 2. The van der Waals surface area contributed by atoms with Crippen molar-refractivity contribution in [3.8, 4) is 0 Å². The predicted octanol–water partition coefficient (Wildman–Crippen LogP) is 1.28. The van der Waals surface area contributed by atoms with Crippen molar-refractivity contribution in [2.45, 2.75) is 0 Å². The second-order valence-corrected chi connectivity index (χ2v) is 4.89. The number of anilines is 1. The van der Waals surface area contributed by atoms with E-state index in [4.69, 9.17) is 0 Å². The molecule has 1 aromatic rings. The van der Waals surface area contributed by atoms with Crippen molar-refractivity contribution < 1.29 is 14.4 Å². The van der Waals surface area contributed by atoms with E-state index in [-0.39, 0.29) is 12.5 Å². The monoisotopic (exact) mass is 322 g/mol. The van der Waals surface area contributed by atoms with Crippen molar-refractivity contribution in [2.75, 3.05) is 18.0 Å². The molecule has 0 aliphatic carbocycles. The quantitative estimate of drug-likeness (QED) is 0.670. The number of halogens is 1. The predicted molar refractivity (Wildman–Crippen MR) is 74.0 cm³/mol. The summed E-state index contributed by atoms with van der Waals surface area (Å²) >= 11 is 3.28. The first-order valence-corrected chi connectivity index (χ1v) is 6.37. The van der Waals surface area contributed by atoms with Gasteiger partial charge in [0.1, 0.15) is 6.54 Å². The van der Waals surface area contributed by atoms with E-state index in [0.717, 1.165) is 4.47 Å². The topological polar surface area (TPSA) is 66.5 Å². The molecule has 0 saturated carbocycles. The lowest BCUT2D eigenvalue weighted by Gasteiger charge is -2.15. The Morgan fingerprint density at radius 2 is 2.16 bits per heavy atom. The highest BCUT2D eigenvalue weighted by Crippen LogP contribution is 2.31. The normalized spacial score (nSPS) is 13.4. The van der Waals surface area contributed by atoms with E-state index in [1.54, 1.807) is 24.3 Å². The van der Waals surface area contributed by atoms with Gasteiger partial charge >= 0.3 is 0 Å². The van der Waals surface area contributed by atoms with Crippen molar-refractivity contribution in [1.29, 1.82) is 0 Å². The highest BCUT2D eigenvalue weighted by atomic mass is 79.9. The number of Topliss-reactive ketones (excluding diaryl/α,β-unsaturated/α-hetero) is 1. The fourth-order valence-corrected chi connectivity index (χ4v) is 2.16. The molecular formula is C13H11BrN2O3. The Morgan fingerprint density at radius 1 is 1.42 bits per heavy atom. The van der Waals surface area contributed by atoms with Gasteiger partial charge in [-0.3, -0.25) is 19.3 Å². The van der Waals surface area contributed by atoms with Gasteiger partial charge in [0.05, 0.1) is 11.3 Å². The molecule has 1 heterocycles. The van der Waals surface area contributed by atoms with Crippen LogP contribution in [0.4, 0.5) is 5.69 Å². The molecule has 5 nitrogen and oxygen atoms in total. The van der Waals surface area contributed by atoms with Crippen LogP contribution in [0.25, 0.3) is 0 Å². The number of carbonyl (C=O) groups excluding carboxylic acids is 3. The van der Waals surface area contributed by atoms with Crippen LogP contribution in [-0.2, 0) is 9.59 Å². The maximum absolute atomic E-state index is 11.8. The van der Waals surface area contributed by atoms with Gasteiger partial charge in [-0.2, -0.15) is 0 Å². The molecule has 0 bridgehead atoms. The molecule has 19 heavy (non-hydrogen) atoms. The molecule has 2 rings (SSSR count). The maximum atomic E-state index is 11.8. The van der Waals surface area contributed by atoms with Crippen LogP contribution in [0.1, 0.15) is 10.4 Å². The van der Waals surface area contributed by atoms with Gasteiger partial charge in [0.25, 0.3) is 11.7 Å². The van der Waals surface area contributed by atoms with Crippen molar-refractivity contribution in [2.24, 2.45) is 0 Å². The lowest BCUT2D eigenvalue weighted by molar-refractivity contribution is -0.122. The number of hydrogen-bond acceptors (Lipinski definition) is 3. The summed E-state index contributed by atoms with van der Waals surface area (Å²) in [7, 11) is 0. The number of carbonyl (C=O) groups is 3. The van der Waals surface area contributed by atoms with Gasteiger partial charge in [0, 0.05) is 11.0 Å². The largest absolute Gasteiger partial charge is 0.351 e. The molecule has 1 aromatic carbocycles. The number of fused-ring (bicyclic) bond motifs is 1. The fourth-order valence-electron chi connectivity index (χ4n) is 1.81. The van der Waals surface area contributed by atoms with E-state index in [2.05, 4.69) is 27.8 Å². The smallest absolute Gasteiger partial charge is 0.299 e. The summed E-state index contributed by atoms with van der Waals surface area (Å²) in [5.41, 5.74) is 0.780. The summed E-state index contributed by atoms with van der Waals surface area (Å²) < 4.78 is 0.741. The van der Waals surface area contributed by atoms with Crippen molar-refractivity contribution in [1.82, 2.24) is 5.32 Å². The van der Waals surface area contributed by atoms with Crippen LogP contribution in [-0.4, -0.2) is 30.7 Å². The Bertz CT molecular complexity index is 583. The van der Waals surface area contributed by atoms with Crippen LogP contribution in [0.5, 0.6) is 0 Å². The summed E-state index contributed by atoms with van der Waals surface area (Å²) in [6.07, 6.45) is 1.54. The Balaban J connectivity index is 2.25. The van der Waals surface area contributed by atoms with E-state index in [1.165, 1.54) is 4.90 Å². The van der Waals surface area contributed by atoms with Gasteiger partial charge in [-0.1, -0.05) is 22.0 Å². The number of ketones is 1. The lowest BCUT2D eigenvalue weighted by atomic mass is 10.1. The highest BCUT2D eigenvalue weighted by molar-refractivity contribution is 9.10. The molecule has 0 aromatic heterocycles. The van der Waals surface area contributed by atoms with E-state index >= 15 is 0 Å². The van der Waals surface area contributed by atoms with Crippen LogP contribution < -0.4 is 10.2 Å². The average molecular weight is 323 g/mol. The minimum atomic E-state index is -0.679. The summed E-state index contributed by atoms with van der Waals surface area (Å²) in [6, 6.07) is 4.91. The van der Waals surface area contributed by atoms with Crippen molar-refractivity contribution in [3.63, 3.8) is 0 Å². The molecule has 1 aliphatic heterocycles. The van der Waals surface area contributed by atoms with Crippen molar-refractivity contribution in [3.05, 3.63) is 40.9 Å². The van der Waals surface area contributed by atoms with Crippen LogP contribution in [0.2, 0.25) is 0 Å². The standard InChI is InChI=1S/C13H11BrN2O3/c1-2-5-15-11(17)7-16-10-6-8(14)3-4-9(10)12(18)13(16)19/h2-4,6H,1,5,7H2,(H,15,17). The third-order valence-corrected chi connectivity index (χ3v) is 3.17. The van der Waals surface area contributed by atoms with E-state index < -0.39 is 11.7 Å². The Morgan fingerprint density at radius 3 is 2.84 bits per heavy atom. The van der Waals surface area contributed by atoms with E-state index in [0.29, 0.717) is 17.8 Å². The second-order valence-electron chi connectivity index (χ2n) is 3.97. The lowest BCUT2D eigenvalue weighted by Crippen LogP contribution is -2.40. The molecular weight excluding hydrogens is 312 g/mol. The first-order chi connectivity index (χ1) is 9.04. The number of nitrogens with one attached hydrogen (secondary N) is 1. The fraction of sp³-hybridized carbons (Fsp3) is 0.154. The first-order valence-electron chi connectivity index (χ1n) is 5.58. The Labute approximate surface area is 118 Å². The highest BCUT2D eigenvalue weighted by Gasteiger charge is 2.36. The molecule has 0 atom stereocenters. The molecule has 0 fully saturated rings. The average Bonchev–Trinajstić information content (AvgIpc) is 2.61. The zero-order valence-corrected chi connectivity index (χ0v) is 11.6. The maximum Gasteiger partial charge on any atom is 0.299 e. The van der Waals surface area contributed by atoms with E-state index in [1.807, 2.05) is 0 Å². The summed E-state index contributed by atoms with van der Waals surface area (Å²) in [5.74, 6) is -1.60. The molecule has 0 spiro atoms.